The van der Waals surface area contributed by atoms with Crippen LogP contribution >= 0.6 is 27.5 Å². The van der Waals surface area contributed by atoms with E-state index in [-0.39, 0.29) is 10.8 Å². The number of hydrogen-bond acceptors (Lipinski definition) is 3. The molecule has 6 heteroatoms. The van der Waals surface area contributed by atoms with E-state index in [4.69, 9.17) is 11.6 Å². The number of sulfone groups is 1. The van der Waals surface area contributed by atoms with E-state index in [1.54, 1.807) is 12.3 Å². The van der Waals surface area contributed by atoms with Crippen LogP contribution in [0.1, 0.15) is 12.0 Å². The van der Waals surface area contributed by atoms with Gasteiger partial charge in [-0.2, -0.15) is 0 Å². The first-order chi connectivity index (χ1) is 6.97. The standard InChI is InChI=1S/C9H11BrClNO2S/c1-7-5-8(10)9(12-6-7)15(13,14)4-2-3-11/h5-6H,2-4H2,1H3. The molecular weight excluding hydrogens is 302 g/mol. The summed E-state index contributed by atoms with van der Waals surface area (Å²) in [6, 6.07) is 1.74. The summed E-state index contributed by atoms with van der Waals surface area (Å²) in [4.78, 5) is 3.92. The zero-order valence-electron chi connectivity index (χ0n) is 8.20. The maximum absolute atomic E-state index is 11.8. The average molecular weight is 313 g/mol. The third kappa shape index (κ3) is 3.43. The van der Waals surface area contributed by atoms with E-state index in [1.807, 2.05) is 6.92 Å². The number of hydrogen-bond donors (Lipinski definition) is 0. The highest BCUT2D eigenvalue weighted by molar-refractivity contribution is 9.10. The fraction of sp³-hybridized carbons (Fsp3) is 0.444. The van der Waals surface area contributed by atoms with Gasteiger partial charge in [-0.05, 0) is 40.9 Å². The van der Waals surface area contributed by atoms with E-state index in [2.05, 4.69) is 20.9 Å². The zero-order valence-corrected chi connectivity index (χ0v) is 11.4. The van der Waals surface area contributed by atoms with Crippen LogP contribution in [0.2, 0.25) is 0 Å². The lowest BCUT2D eigenvalue weighted by Crippen LogP contribution is -2.10. The highest BCUT2D eigenvalue weighted by Gasteiger charge is 2.18. The van der Waals surface area contributed by atoms with Gasteiger partial charge in [0.25, 0.3) is 0 Å². The minimum atomic E-state index is -3.31. The molecule has 1 aromatic rings. The summed E-state index contributed by atoms with van der Waals surface area (Å²) >= 11 is 8.66. The van der Waals surface area contributed by atoms with Gasteiger partial charge in [0.15, 0.2) is 14.9 Å². The van der Waals surface area contributed by atoms with Gasteiger partial charge in [-0.15, -0.1) is 11.6 Å². The summed E-state index contributed by atoms with van der Waals surface area (Å²) in [5.41, 5.74) is 0.915. The Hall–Kier alpha value is -0.130. The molecule has 1 heterocycles. The van der Waals surface area contributed by atoms with E-state index in [0.717, 1.165) is 5.56 Å². The lowest BCUT2D eigenvalue weighted by atomic mass is 10.3. The van der Waals surface area contributed by atoms with Crippen molar-refractivity contribution in [3.63, 3.8) is 0 Å². The van der Waals surface area contributed by atoms with Crippen LogP contribution in [0, 0.1) is 6.92 Å². The van der Waals surface area contributed by atoms with Crippen LogP contribution < -0.4 is 0 Å². The van der Waals surface area contributed by atoms with Crippen LogP contribution in [0.4, 0.5) is 0 Å². The maximum atomic E-state index is 11.8. The molecule has 0 atom stereocenters. The van der Waals surface area contributed by atoms with Gasteiger partial charge < -0.3 is 0 Å². The van der Waals surface area contributed by atoms with Gasteiger partial charge in [0.1, 0.15) is 0 Å². The molecule has 0 fully saturated rings. The molecule has 0 unspecified atom stereocenters. The number of nitrogens with zero attached hydrogens (tertiary/aromatic N) is 1. The van der Waals surface area contributed by atoms with Crippen LogP contribution in [-0.4, -0.2) is 25.0 Å². The van der Waals surface area contributed by atoms with Crippen molar-refractivity contribution in [3.05, 3.63) is 22.3 Å². The summed E-state index contributed by atoms with van der Waals surface area (Å²) in [5.74, 6) is 0.369. The molecule has 0 aliphatic carbocycles. The van der Waals surface area contributed by atoms with Gasteiger partial charge in [-0.1, -0.05) is 0 Å². The molecule has 0 aromatic carbocycles. The molecule has 1 aromatic heterocycles. The van der Waals surface area contributed by atoms with Gasteiger partial charge >= 0.3 is 0 Å². The van der Waals surface area contributed by atoms with Gasteiger partial charge in [-0.25, -0.2) is 13.4 Å². The minimum absolute atomic E-state index is 0.0329. The molecule has 0 saturated carbocycles. The SMILES string of the molecule is Cc1cnc(S(=O)(=O)CCCCl)c(Br)c1. The second kappa shape index (κ2) is 5.27. The Balaban J connectivity index is 3.05. The van der Waals surface area contributed by atoms with Crippen molar-refractivity contribution in [3.8, 4) is 0 Å². The number of halogens is 2. The fourth-order valence-corrected chi connectivity index (χ4v) is 3.87. The second-order valence-electron chi connectivity index (χ2n) is 3.16. The molecule has 0 amide bonds. The van der Waals surface area contributed by atoms with E-state index in [9.17, 15) is 8.42 Å². The Bertz CT molecular complexity index is 447. The van der Waals surface area contributed by atoms with Gasteiger partial charge in [0.05, 0.1) is 10.2 Å². The summed E-state index contributed by atoms with van der Waals surface area (Å²) in [7, 11) is -3.31. The number of pyridine rings is 1. The third-order valence-electron chi connectivity index (χ3n) is 1.79. The van der Waals surface area contributed by atoms with Gasteiger partial charge in [0.2, 0.25) is 0 Å². The van der Waals surface area contributed by atoms with Gasteiger partial charge in [0, 0.05) is 12.1 Å². The quantitative estimate of drug-likeness (QED) is 0.803. The van der Waals surface area contributed by atoms with Crippen LogP contribution in [0.3, 0.4) is 0 Å². The predicted molar refractivity (Wildman–Crippen MR) is 64.1 cm³/mol. The molecule has 0 aliphatic heterocycles. The first-order valence-electron chi connectivity index (χ1n) is 4.38. The van der Waals surface area contributed by atoms with Crippen molar-refractivity contribution >= 4 is 37.4 Å². The monoisotopic (exact) mass is 311 g/mol. The molecule has 0 spiro atoms. The molecule has 15 heavy (non-hydrogen) atoms. The summed E-state index contributed by atoms with van der Waals surface area (Å²) in [6.45, 7) is 1.85. The van der Waals surface area contributed by atoms with Crippen molar-refractivity contribution in [2.75, 3.05) is 11.6 Å². The molecule has 84 valence electrons. The largest absolute Gasteiger partial charge is 0.243 e. The van der Waals surface area contributed by atoms with Crippen molar-refractivity contribution < 1.29 is 8.42 Å². The first-order valence-corrected chi connectivity index (χ1v) is 7.36. The van der Waals surface area contributed by atoms with Crippen LogP contribution in [-0.2, 0) is 9.84 Å². The fourth-order valence-electron chi connectivity index (χ4n) is 1.09. The smallest absolute Gasteiger partial charge is 0.196 e. The molecular formula is C9H11BrClNO2S. The van der Waals surface area contributed by atoms with Crippen LogP contribution in [0.25, 0.3) is 0 Å². The Morgan fingerprint density at radius 3 is 2.73 bits per heavy atom. The van der Waals surface area contributed by atoms with Gasteiger partial charge in [-0.3, -0.25) is 0 Å². The second-order valence-corrected chi connectivity index (χ2v) is 6.42. The summed E-state index contributed by atoms with van der Waals surface area (Å²) in [5, 5.41) is 0.0956. The van der Waals surface area contributed by atoms with Crippen LogP contribution in [0.15, 0.2) is 21.8 Å². The molecule has 0 N–H and O–H groups in total. The normalized spacial score (nSPS) is 11.7. The van der Waals surface area contributed by atoms with Crippen LogP contribution in [0.5, 0.6) is 0 Å². The van der Waals surface area contributed by atoms with Crippen molar-refractivity contribution in [1.29, 1.82) is 0 Å². The Labute approximate surface area is 103 Å². The Morgan fingerprint density at radius 2 is 2.20 bits per heavy atom. The minimum Gasteiger partial charge on any atom is -0.243 e. The summed E-state index contributed by atoms with van der Waals surface area (Å²) < 4.78 is 24.1. The van der Waals surface area contributed by atoms with E-state index < -0.39 is 9.84 Å². The molecule has 1 rings (SSSR count). The third-order valence-corrected chi connectivity index (χ3v) is 4.66. The lowest BCUT2D eigenvalue weighted by Gasteiger charge is -2.05. The molecule has 3 nitrogen and oxygen atoms in total. The molecule has 0 radical (unpaired) electrons. The number of alkyl halides is 1. The number of aryl methyl sites for hydroxylation is 1. The predicted octanol–water partition coefficient (Wildman–Crippen LogP) is 2.56. The van der Waals surface area contributed by atoms with Crippen molar-refractivity contribution in [1.82, 2.24) is 4.98 Å². The molecule has 0 aliphatic rings. The highest BCUT2D eigenvalue weighted by atomic mass is 79.9. The van der Waals surface area contributed by atoms with E-state index in [1.165, 1.54) is 0 Å². The number of aromatic nitrogens is 1. The highest BCUT2D eigenvalue weighted by Crippen LogP contribution is 2.21. The molecule has 0 bridgehead atoms. The van der Waals surface area contributed by atoms with E-state index >= 15 is 0 Å². The maximum Gasteiger partial charge on any atom is 0.196 e. The summed E-state index contributed by atoms with van der Waals surface area (Å²) in [6.07, 6.45) is 1.98. The average Bonchev–Trinajstić information content (AvgIpc) is 2.14. The topological polar surface area (TPSA) is 47.0 Å². The Kier molecular flexibility index (Phi) is 4.55. The zero-order chi connectivity index (χ0) is 11.5. The lowest BCUT2D eigenvalue weighted by molar-refractivity contribution is 0.590. The van der Waals surface area contributed by atoms with Crippen molar-refractivity contribution in [2.45, 2.75) is 18.4 Å². The molecule has 0 saturated heterocycles. The van der Waals surface area contributed by atoms with E-state index in [0.29, 0.717) is 16.8 Å². The first kappa shape index (κ1) is 12.9. The number of rotatable bonds is 4. The van der Waals surface area contributed by atoms with Crippen molar-refractivity contribution in [2.24, 2.45) is 0 Å². The Morgan fingerprint density at radius 1 is 1.53 bits per heavy atom.